The number of aryl methyl sites for hydroxylation is 1. The zero-order chi connectivity index (χ0) is 30.3. The number of hydrogen-bond donors (Lipinski definition) is 2. The minimum atomic E-state index is -4.96. The lowest BCUT2D eigenvalue weighted by molar-refractivity contribution is -0.137. The lowest BCUT2D eigenvalue weighted by atomic mass is 9.95. The quantitative estimate of drug-likeness (QED) is 0.401. The Balaban J connectivity index is 1.38. The van der Waals surface area contributed by atoms with Gasteiger partial charge in [0.05, 0.1) is 22.4 Å². The van der Waals surface area contributed by atoms with Crippen molar-refractivity contribution in [3.8, 4) is 17.3 Å². The van der Waals surface area contributed by atoms with Gasteiger partial charge in [0.25, 0.3) is 0 Å². The highest BCUT2D eigenvalue weighted by Gasteiger charge is 2.49. The van der Waals surface area contributed by atoms with Gasteiger partial charge in [0, 0.05) is 43.5 Å². The van der Waals surface area contributed by atoms with Gasteiger partial charge in [-0.15, -0.1) is 0 Å². The summed E-state index contributed by atoms with van der Waals surface area (Å²) in [6.07, 6.45) is -2.18. The van der Waals surface area contributed by atoms with Crippen LogP contribution in [0.1, 0.15) is 43.2 Å². The first kappa shape index (κ1) is 28.4. The molecule has 4 aliphatic rings. The molecule has 4 atom stereocenters. The van der Waals surface area contributed by atoms with E-state index in [9.17, 15) is 17.6 Å². The Labute approximate surface area is 243 Å². The zero-order valence-corrected chi connectivity index (χ0v) is 23.4. The van der Waals surface area contributed by atoms with Gasteiger partial charge in [0.15, 0.2) is 5.82 Å². The van der Waals surface area contributed by atoms with Crippen molar-refractivity contribution in [2.24, 2.45) is 0 Å². The number of hydrogen-bond acceptors (Lipinski definition) is 8. The van der Waals surface area contributed by atoms with Crippen LogP contribution in [0, 0.1) is 18.6 Å². The first-order valence-corrected chi connectivity index (χ1v) is 14.5. The van der Waals surface area contributed by atoms with E-state index >= 15 is 8.78 Å². The molecule has 1 aromatic carbocycles. The molecular formula is C29H31F6N7O. The van der Waals surface area contributed by atoms with Crippen molar-refractivity contribution in [1.82, 2.24) is 25.2 Å². The van der Waals surface area contributed by atoms with Crippen LogP contribution in [-0.2, 0) is 6.18 Å². The number of nitrogens with one attached hydrogen (secondary N) is 1. The second kappa shape index (κ2) is 10.1. The second-order valence-corrected chi connectivity index (χ2v) is 12.3. The average molecular weight is 608 g/mol. The number of aromatic nitrogens is 3. The molecule has 43 heavy (non-hydrogen) atoms. The van der Waals surface area contributed by atoms with Gasteiger partial charge in [-0.05, 0) is 56.8 Å². The van der Waals surface area contributed by atoms with Crippen LogP contribution in [0.25, 0.3) is 22.2 Å². The first-order valence-electron chi connectivity index (χ1n) is 14.5. The maximum Gasteiger partial charge on any atom is 0.418 e. The van der Waals surface area contributed by atoms with Crippen LogP contribution < -0.4 is 20.7 Å². The number of alkyl halides is 4. The van der Waals surface area contributed by atoms with Crippen molar-refractivity contribution in [3.63, 3.8) is 0 Å². The van der Waals surface area contributed by atoms with Gasteiger partial charge in [0.2, 0.25) is 0 Å². The van der Waals surface area contributed by atoms with Gasteiger partial charge in [-0.2, -0.15) is 23.1 Å². The van der Waals surface area contributed by atoms with E-state index in [2.05, 4.69) is 20.3 Å². The standard InChI is InChI=1S/C29H31F6N7O/c1-14-7-20(36)38-25(22(14)29(33,34)35)21-19(31)8-18-24(23(21)32)39-27(40-26(18)41-11-16-3-4-17(12-41)37-16)43-13-28-5-2-6-42(28)10-15(30)9-28/h7-8,15-17,37H,2-6,9-13H2,1H3,(H2,36,38)/t15-,16?,17?,28+/m1/s1. The molecular weight excluding hydrogens is 576 g/mol. The van der Waals surface area contributed by atoms with Crippen LogP contribution >= 0.6 is 0 Å². The molecule has 3 aromatic rings. The number of pyridine rings is 1. The Hall–Kier alpha value is -3.39. The first-order chi connectivity index (χ1) is 20.4. The van der Waals surface area contributed by atoms with E-state index in [0.717, 1.165) is 51.3 Å². The molecule has 3 N–H and O–H groups in total. The third kappa shape index (κ3) is 4.82. The summed E-state index contributed by atoms with van der Waals surface area (Å²) in [4.78, 5) is 16.5. The Morgan fingerprint density at radius 3 is 2.56 bits per heavy atom. The normalized spacial score (nSPS) is 27.3. The molecule has 0 saturated carbocycles. The summed E-state index contributed by atoms with van der Waals surface area (Å²) in [5, 5.41) is 3.50. The SMILES string of the molecule is Cc1cc(N)nc(-c2c(F)cc3c(N4CC5CCC(C4)N5)nc(OC[C@@]45CCCN4C[C@H](F)C5)nc3c2F)c1C(F)(F)F. The van der Waals surface area contributed by atoms with Crippen molar-refractivity contribution in [2.45, 2.75) is 69.0 Å². The van der Waals surface area contributed by atoms with Crippen molar-refractivity contribution in [3.05, 3.63) is 34.9 Å². The van der Waals surface area contributed by atoms with Gasteiger partial charge in [-0.1, -0.05) is 0 Å². The van der Waals surface area contributed by atoms with Crippen molar-refractivity contribution in [2.75, 3.05) is 43.4 Å². The maximum absolute atomic E-state index is 16.4. The van der Waals surface area contributed by atoms with Crippen LogP contribution in [0.3, 0.4) is 0 Å². The van der Waals surface area contributed by atoms with Gasteiger partial charge >= 0.3 is 12.2 Å². The largest absolute Gasteiger partial charge is 0.461 e. The van der Waals surface area contributed by atoms with Crippen LogP contribution in [0.2, 0.25) is 0 Å². The topological polar surface area (TPSA) is 92.4 Å². The predicted molar refractivity (Wildman–Crippen MR) is 148 cm³/mol. The molecule has 8 nitrogen and oxygen atoms in total. The molecule has 0 aliphatic carbocycles. The molecule has 2 aromatic heterocycles. The molecule has 2 unspecified atom stereocenters. The number of benzene rings is 1. The zero-order valence-electron chi connectivity index (χ0n) is 23.4. The minimum Gasteiger partial charge on any atom is -0.461 e. The summed E-state index contributed by atoms with van der Waals surface area (Å²) < 4.78 is 95.0. The van der Waals surface area contributed by atoms with Gasteiger partial charge < -0.3 is 20.7 Å². The maximum atomic E-state index is 16.4. The van der Waals surface area contributed by atoms with E-state index < -0.39 is 51.9 Å². The summed E-state index contributed by atoms with van der Waals surface area (Å²) in [6, 6.07) is 2.06. The summed E-state index contributed by atoms with van der Waals surface area (Å²) in [5.41, 5.74) is 1.26. The number of nitrogens with two attached hydrogens (primary N) is 1. The molecule has 4 aliphatic heterocycles. The highest BCUT2D eigenvalue weighted by atomic mass is 19.4. The fraction of sp³-hybridized carbons (Fsp3) is 0.552. The van der Waals surface area contributed by atoms with Crippen LogP contribution in [0.5, 0.6) is 6.01 Å². The van der Waals surface area contributed by atoms with Crippen LogP contribution in [-0.4, -0.2) is 76.4 Å². The van der Waals surface area contributed by atoms with E-state index in [1.807, 2.05) is 9.80 Å². The number of anilines is 2. The van der Waals surface area contributed by atoms with E-state index in [0.29, 0.717) is 26.1 Å². The Kier molecular flexibility index (Phi) is 6.65. The van der Waals surface area contributed by atoms with E-state index in [1.165, 1.54) is 0 Å². The highest BCUT2D eigenvalue weighted by Crippen LogP contribution is 2.44. The predicted octanol–water partition coefficient (Wildman–Crippen LogP) is 4.78. The van der Waals surface area contributed by atoms with Crippen molar-refractivity contribution >= 4 is 22.5 Å². The molecule has 7 rings (SSSR count). The summed E-state index contributed by atoms with van der Waals surface area (Å²) in [7, 11) is 0. The molecule has 6 heterocycles. The molecule has 14 heteroatoms. The minimum absolute atomic E-state index is 0.00642. The highest BCUT2D eigenvalue weighted by molar-refractivity contribution is 5.94. The number of ether oxygens (including phenoxy) is 1. The van der Waals surface area contributed by atoms with Crippen molar-refractivity contribution < 1.29 is 31.1 Å². The number of halogens is 6. The van der Waals surface area contributed by atoms with Gasteiger partial charge in [0.1, 0.15) is 35.7 Å². The number of piperazine rings is 1. The lowest BCUT2D eigenvalue weighted by Crippen LogP contribution is -2.51. The fourth-order valence-electron chi connectivity index (χ4n) is 7.54. The Bertz CT molecular complexity index is 1590. The molecule has 2 bridgehead atoms. The number of rotatable bonds is 5. The lowest BCUT2D eigenvalue weighted by Gasteiger charge is -2.34. The summed E-state index contributed by atoms with van der Waals surface area (Å²) in [5.74, 6) is -2.66. The van der Waals surface area contributed by atoms with Gasteiger partial charge in [-0.25, -0.2) is 18.2 Å². The third-order valence-corrected chi connectivity index (χ3v) is 9.35. The number of nitrogens with zero attached hydrogens (tertiary/aromatic N) is 5. The molecule has 0 radical (unpaired) electrons. The molecule has 4 fully saturated rings. The van der Waals surface area contributed by atoms with Crippen LogP contribution in [0.15, 0.2) is 12.1 Å². The summed E-state index contributed by atoms with van der Waals surface area (Å²) in [6.45, 7) is 3.30. The smallest absolute Gasteiger partial charge is 0.418 e. The Morgan fingerprint density at radius 2 is 1.84 bits per heavy atom. The molecule has 4 saturated heterocycles. The van der Waals surface area contributed by atoms with E-state index in [-0.39, 0.29) is 47.3 Å². The number of nitrogen functional groups attached to an aromatic ring is 1. The van der Waals surface area contributed by atoms with Gasteiger partial charge in [-0.3, -0.25) is 4.90 Å². The van der Waals surface area contributed by atoms with Crippen molar-refractivity contribution in [1.29, 1.82) is 0 Å². The van der Waals surface area contributed by atoms with E-state index in [4.69, 9.17) is 10.5 Å². The fourth-order valence-corrected chi connectivity index (χ4v) is 7.54. The third-order valence-electron chi connectivity index (χ3n) is 9.35. The summed E-state index contributed by atoms with van der Waals surface area (Å²) >= 11 is 0. The number of fused-ring (bicyclic) bond motifs is 4. The Morgan fingerprint density at radius 1 is 1.09 bits per heavy atom. The molecule has 0 spiro atoms. The average Bonchev–Trinajstić information content (AvgIpc) is 3.56. The second-order valence-electron chi connectivity index (χ2n) is 12.3. The van der Waals surface area contributed by atoms with E-state index in [1.54, 1.807) is 0 Å². The van der Waals surface area contributed by atoms with Crippen LogP contribution in [0.4, 0.5) is 38.0 Å². The molecule has 0 amide bonds. The molecule has 230 valence electrons. The monoisotopic (exact) mass is 607 g/mol.